The summed E-state index contributed by atoms with van der Waals surface area (Å²) in [6.45, 7) is 3.61. The zero-order valence-electron chi connectivity index (χ0n) is 14.0. The first-order valence-corrected chi connectivity index (χ1v) is 8.94. The summed E-state index contributed by atoms with van der Waals surface area (Å²) in [5.41, 5.74) is 0.648. The summed E-state index contributed by atoms with van der Waals surface area (Å²) < 4.78 is 0. The highest BCUT2D eigenvalue weighted by Crippen LogP contribution is 2.25. The smallest absolute Gasteiger partial charge is 0.262 e. The quantitative estimate of drug-likeness (QED) is 0.801. The van der Waals surface area contributed by atoms with Crippen molar-refractivity contribution < 1.29 is 14.4 Å². The van der Waals surface area contributed by atoms with Gasteiger partial charge in [-0.15, -0.1) is 10.2 Å². The lowest BCUT2D eigenvalue weighted by Crippen LogP contribution is -2.45. The second-order valence-electron chi connectivity index (χ2n) is 5.80. The molecular weight excluding hydrogens is 340 g/mol. The fourth-order valence-electron chi connectivity index (χ4n) is 2.62. The molecule has 0 saturated heterocycles. The minimum Gasteiger partial charge on any atom is -0.299 e. The molecule has 2 heterocycles. The molecule has 1 atom stereocenters. The van der Waals surface area contributed by atoms with Crippen LogP contribution in [0.2, 0.25) is 0 Å². The van der Waals surface area contributed by atoms with Gasteiger partial charge in [0, 0.05) is 6.42 Å². The molecule has 0 aliphatic carbocycles. The number of aromatic nitrogens is 2. The van der Waals surface area contributed by atoms with Crippen molar-refractivity contribution in [1.29, 1.82) is 0 Å². The fraction of sp³-hybridized carbons (Fsp3) is 0.353. The van der Waals surface area contributed by atoms with Gasteiger partial charge in [-0.05, 0) is 25.5 Å². The van der Waals surface area contributed by atoms with Crippen molar-refractivity contribution in [1.82, 2.24) is 15.1 Å². The third-order valence-electron chi connectivity index (χ3n) is 4.03. The number of nitrogens with zero attached hydrogens (tertiary/aromatic N) is 3. The van der Waals surface area contributed by atoms with E-state index in [-0.39, 0.29) is 0 Å². The molecule has 0 fully saturated rings. The summed E-state index contributed by atoms with van der Waals surface area (Å²) in [4.78, 5) is 38.3. The highest BCUT2D eigenvalue weighted by atomic mass is 32.1. The van der Waals surface area contributed by atoms with E-state index in [9.17, 15) is 14.4 Å². The first-order valence-electron chi connectivity index (χ1n) is 8.13. The van der Waals surface area contributed by atoms with Gasteiger partial charge in [0.1, 0.15) is 11.0 Å². The van der Waals surface area contributed by atoms with Gasteiger partial charge in [0.25, 0.3) is 11.8 Å². The van der Waals surface area contributed by atoms with Gasteiger partial charge in [-0.25, -0.2) is 0 Å². The number of nitrogens with one attached hydrogen (secondary N) is 1. The highest BCUT2D eigenvalue weighted by molar-refractivity contribution is 7.15. The van der Waals surface area contributed by atoms with Crippen LogP contribution in [-0.4, -0.2) is 38.9 Å². The zero-order chi connectivity index (χ0) is 18.0. The number of carbonyl (C=O) groups is 3. The molecule has 3 amide bonds. The normalized spacial score (nSPS) is 14.6. The molecule has 1 unspecified atom stereocenters. The fourth-order valence-corrected chi connectivity index (χ4v) is 3.40. The maximum Gasteiger partial charge on any atom is 0.262 e. The molecule has 0 spiro atoms. The Kier molecular flexibility index (Phi) is 4.89. The maximum absolute atomic E-state index is 12.4. The number of fused-ring (bicyclic) bond motifs is 1. The Balaban J connectivity index is 1.70. The van der Waals surface area contributed by atoms with Gasteiger partial charge < -0.3 is 0 Å². The van der Waals surface area contributed by atoms with E-state index >= 15 is 0 Å². The number of anilines is 1. The Bertz CT molecular complexity index is 798. The van der Waals surface area contributed by atoms with Gasteiger partial charge in [0.2, 0.25) is 11.0 Å². The summed E-state index contributed by atoms with van der Waals surface area (Å²) in [6.07, 6.45) is 2.88. The van der Waals surface area contributed by atoms with E-state index in [1.54, 1.807) is 24.3 Å². The van der Waals surface area contributed by atoms with Crippen molar-refractivity contribution in [3.05, 3.63) is 40.4 Å². The number of carbonyl (C=O) groups excluding carboxylic acids is 3. The third-order valence-corrected chi connectivity index (χ3v) is 4.93. The molecule has 1 N–H and O–H groups in total. The van der Waals surface area contributed by atoms with Crippen LogP contribution in [0.4, 0.5) is 5.13 Å². The molecule has 1 aliphatic heterocycles. The van der Waals surface area contributed by atoms with Gasteiger partial charge in [-0.3, -0.25) is 24.6 Å². The summed E-state index contributed by atoms with van der Waals surface area (Å²) >= 11 is 1.31. The second-order valence-corrected chi connectivity index (χ2v) is 6.86. The predicted molar refractivity (Wildman–Crippen MR) is 93.6 cm³/mol. The molecule has 8 heteroatoms. The van der Waals surface area contributed by atoms with E-state index in [2.05, 4.69) is 22.4 Å². The molecule has 2 aromatic rings. The largest absolute Gasteiger partial charge is 0.299 e. The minimum absolute atomic E-state index is 0.324. The van der Waals surface area contributed by atoms with Gasteiger partial charge >= 0.3 is 0 Å². The zero-order valence-corrected chi connectivity index (χ0v) is 14.8. The van der Waals surface area contributed by atoms with Crippen LogP contribution in [0.5, 0.6) is 0 Å². The number of amides is 3. The van der Waals surface area contributed by atoms with Crippen LogP contribution < -0.4 is 5.32 Å². The van der Waals surface area contributed by atoms with Crippen LogP contribution in [0.1, 0.15) is 52.4 Å². The topological polar surface area (TPSA) is 92.3 Å². The lowest BCUT2D eigenvalue weighted by atomic mass is 10.1. The number of benzene rings is 1. The summed E-state index contributed by atoms with van der Waals surface area (Å²) in [7, 11) is 0. The van der Waals surface area contributed by atoms with Crippen LogP contribution >= 0.6 is 11.3 Å². The molecule has 1 aromatic heterocycles. The minimum atomic E-state index is -0.935. The molecule has 0 bridgehead atoms. The molecule has 1 aliphatic rings. The number of hydrogen-bond acceptors (Lipinski definition) is 6. The summed E-state index contributed by atoms with van der Waals surface area (Å²) in [5.74, 6) is -1.37. The van der Waals surface area contributed by atoms with Crippen LogP contribution in [-0.2, 0) is 11.2 Å². The van der Waals surface area contributed by atoms with Crippen LogP contribution in [0.25, 0.3) is 0 Å². The first-order chi connectivity index (χ1) is 12.0. The first kappa shape index (κ1) is 17.2. The van der Waals surface area contributed by atoms with E-state index in [0.717, 1.165) is 29.2 Å². The lowest BCUT2D eigenvalue weighted by molar-refractivity contribution is -0.119. The van der Waals surface area contributed by atoms with Crippen molar-refractivity contribution >= 4 is 34.2 Å². The van der Waals surface area contributed by atoms with Crippen molar-refractivity contribution in [3.63, 3.8) is 0 Å². The van der Waals surface area contributed by atoms with Crippen LogP contribution in [0, 0.1) is 0 Å². The SMILES string of the molecule is CCCCc1nnc(NC(=O)C(C)N2C(=O)c3ccccc3C2=O)s1. The van der Waals surface area contributed by atoms with Gasteiger partial charge in [0.15, 0.2) is 0 Å². The number of aryl methyl sites for hydroxylation is 1. The second kappa shape index (κ2) is 7.10. The van der Waals surface area contributed by atoms with Gasteiger partial charge in [-0.2, -0.15) is 0 Å². The summed E-state index contributed by atoms with van der Waals surface area (Å²) in [6, 6.07) is 5.63. The highest BCUT2D eigenvalue weighted by Gasteiger charge is 2.40. The van der Waals surface area contributed by atoms with Crippen molar-refractivity contribution in [2.45, 2.75) is 39.2 Å². The molecule has 3 rings (SSSR count). The predicted octanol–water partition coefficient (Wildman–Crippen LogP) is 2.50. The molecule has 1 aromatic carbocycles. The average Bonchev–Trinajstić information content (AvgIpc) is 3.16. The average molecular weight is 358 g/mol. The standard InChI is InChI=1S/C17H18N4O3S/c1-3-4-9-13-19-20-17(25-13)18-14(22)10(2)21-15(23)11-7-5-6-8-12(11)16(21)24/h5-8,10H,3-4,9H2,1-2H3,(H,18,20,22). The Morgan fingerprint density at radius 1 is 1.20 bits per heavy atom. The third kappa shape index (κ3) is 3.30. The Labute approximate surface area is 149 Å². The Hall–Kier alpha value is -2.61. The van der Waals surface area contributed by atoms with E-state index in [4.69, 9.17) is 0 Å². The molecule has 0 radical (unpaired) electrons. The Morgan fingerprint density at radius 2 is 1.84 bits per heavy atom. The number of rotatable bonds is 6. The maximum atomic E-state index is 12.4. The van der Waals surface area contributed by atoms with Crippen molar-refractivity contribution in [3.8, 4) is 0 Å². The van der Waals surface area contributed by atoms with E-state index in [1.165, 1.54) is 18.3 Å². The van der Waals surface area contributed by atoms with Crippen LogP contribution in [0.15, 0.2) is 24.3 Å². The van der Waals surface area contributed by atoms with E-state index in [1.807, 2.05) is 0 Å². The molecule has 130 valence electrons. The van der Waals surface area contributed by atoms with E-state index in [0.29, 0.717) is 16.3 Å². The molecule has 25 heavy (non-hydrogen) atoms. The molecule has 0 saturated carbocycles. The van der Waals surface area contributed by atoms with Gasteiger partial charge in [-0.1, -0.05) is 36.8 Å². The van der Waals surface area contributed by atoms with Gasteiger partial charge in [0.05, 0.1) is 11.1 Å². The van der Waals surface area contributed by atoms with Crippen LogP contribution in [0.3, 0.4) is 0 Å². The number of hydrogen-bond donors (Lipinski definition) is 1. The monoisotopic (exact) mass is 358 g/mol. The number of imide groups is 1. The Morgan fingerprint density at radius 3 is 2.44 bits per heavy atom. The molecular formula is C17H18N4O3S. The van der Waals surface area contributed by atoms with Crippen molar-refractivity contribution in [2.75, 3.05) is 5.32 Å². The lowest BCUT2D eigenvalue weighted by Gasteiger charge is -2.20. The van der Waals surface area contributed by atoms with Crippen molar-refractivity contribution in [2.24, 2.45) is 0 Å². The molecule has 7 nitrogen and oxygen atoms in total. The van der Waals surface area contributed by atoms with E-state index < -0.39 is 23.8 Å². The number of unbranched alkanes of at least 4 members (excludes halogenated alkanes) is 1. The summed E-state index contributed by atoms with van der Waals surface area (Å²) in [5, 5.41) is 11.8.